The molecule has 0 bridgehead atoms. The predicted molar refractivity (Wildman–Crippen MR) is 81.3 cm³/mol. The van der Waals surface area contributed by atoms with Crippen molar-refractivity contribution in [2.24, 2.45) is 0 Å². The zero-order valence-electron chi connectivity index (χ0n) is 10.7. The van der Waals surface area contributed by atoms with Crippen molar-refractivity contribution in [3.05, 3.63) is 76.0 Å². The first-order valence-electron chi connectivity index (χ1n) is 6.12. The number of carbonyl (C=O) groups is 1. The second-order valence-electron chi connectivity index (χ2n) is 4.34. The van der Waals surface area contributed by atoms with Gasteiger partial charge in [0.1, 0.15) is 0 Å². The molecule has 0 saturated carbocycles. The Morgan fingerprint density at radius 3 is 2.52 bits per heavy atom. The quantitative estimate of drug-likeness (QED) is 0.690. The lowest BCUT2D eigenvalue weighted by Crippen LogP contribution is -2.02. The van der Waals surface area contributed by atoms with Gasteiger partial charge in [-0.15, -0.1) is 5.10 Å². The van der Waals surface area contributed by atoms with E-state index in [0.717, 1.165) is 5.69 Å². The lowest BCUT2D eigenvalue weighted by molar-refractivity contribution is 0.103. The van der Waals surface area contributed by atoms with Crippen molar-refractivity contribution in [1.82, 2.24) is 15.0 Å². The summed E-state index contributed by atoms with van der Waals surface area (Å²) in [6.45, 7) is 0. The van der Waals surface area contributed by atoms with E-state index < -0.39 is 0 Å². The van der Waals surface area contributed by atoms with Gasteiger partial charge in [0.2, 0.25) is 5.78 Å². The molecule has 3 aromatic rings. The lowest BCUT2D eigenvalue weighted by atomic mass is 10.1. The van der Waals surface area contributed by atoms with Crippen molar-refractivity contribution in [2.45, 2.75) is 0 Å². The van der Waals surface area contributed by atoms with Gasteiger partial charge in [-0.05, 0) is 30.3 Å². The number of rotatable bonds is 3. The van der Waals surface area contributed by atoms with Crippen LogP contribution in [0.25, 0.3) is 5.69 Å². The van der Waals surface area contributed by atoms with Gasteiger partial charge in [0.15, 0.2) is 5.69 Å². The van der Waals surface area contributed by atoms with Crippen LogP contribution in [-0.2, 0) is 0 Å². The molecule has 0 unspecified atom stereocenters. The average Bonchev–Trinajstić information content (AvgIpc) is 2.97. The van der Waals surface area contributed by atoms with Crippen LogP contribution < -0.4 is 0 Å². The SMILES string of the molecule is O=C(c1cn(-c2ccccc2)nn1)c1ccc(Cl)cc1Cl. The summed E-state index contributed by atoms with van der Waals surface area (Å²) in [7, 11) is 0. The molecule has 1 heterocycles. The van der Waals surface area contributed by atoms with Crippen LogP contribution in [0.3, 0.4) is 0 Å². The number of carbonyl (C=O) groups excluding carboxylic acids is 1. The van der Waals surface area contributed by atoms with Crippen LogP contribution in [-0.4, -0.2) is 20.8 Å². The summed E-state index contributed by atoms with van der Waals surface area (Å²) in [5.41, 5.74) is 1.40. The fraction of sp³-hybridized carbons (Fsp3) is 0. The van der Waals surface area contributed by atoms with Crippen LogP contribution >= 0.6 is 23.2 Å². The Bertz CT molecular complexity index is 800. The van der Waals surface area contributed by atoms with Gasteiger partial charge < -0.3 is 0 Å². The second-order valence-corrected chi connectivity index (χ2v) is 5.18. The molecule has 104 valence electrons. The van der Waals surface area contributed by atoms with E-state index in [9.17, 15) is 4.79 Å². The topological polar surface area (TPSA) is 47.8 Å². The highest BCUT2D eigenvalue weighted by molar-refractivity contribution is 6.37. The first kappa shape index (κ1) is 13.8. The molecular formula is C15H9Cl2N3O. The highest BCUT2D eigenvalue weighted by Crippen LogP contribution is 2.23. The van der Waals surface area contributed by atoms with E-state index in [4.69, 9.17) is 23.2 Å². The van der Waals surface area contributed by atoms with Crippen LogP contribution in [0.5, 0.6) is 0 Å². The Hall–Kier alpha value is -2.17. The highest BCUT2D eigenvalue weighted by atomic mass is 35.5. The Balaban J connectivity index is 1.94. The third-order valence-corrected chi connectivity index (χ3v) is 3.47. The summed E-state index contributed by atoms with van der Waals surface area (Å²) in [5, 5.41) is 8.63. The molecule has 0 N–H and O–H groups in total. The van der Waals surface area contributed by atoms with Gasteiger partial charge in [-0.1, -0.05) is 46.6 Å². The Labute approximate surface area is 130 Å². The predicted octanol–water partition coefficient (Wildman–Crippen LogP) is 3.81. The maximum Gasteiger partial charge on any atom is 0.216 e. The van der Waals surface area contributed by atoms with Gasteiger partial charge in [-0.2, -0.15) is 0 Å². The van der Waals surface area contributed by atoms with Gasteiger partial charge in [0, 0.05) is 10.6 Å². The summed E-state index contributed by atoms with van der Waals surface area (Å²) < 4.78 is 1.54. The number of ketones is 1. The standard InChI is InChI=1S/C15H9Cl2N3O/c16-10-6-7-12(13(17)8-10)15(21)14-9-20(19-18-14)11-4-2-1-3-5-11/h1-9H. The van der Waals surface area contributed by atoms with Crippen LogP contribution in [0, 0.1) is 0 Å². The molecule has 0 fully saturated rings. The Morgan fingerprint density at radius 2 is 1.81 bits per heavy atom. The van der Waals surface area contributed by atoms with E-state index >= 15 is 0 Å². The van der Waals surface area contributed by atoms with Crippen LogP contribution in [0.1, 0.15) is 16.1 Å². The maximum absolute atomic E-state index is 12.4. The second kappa shape index (κ2) is 5.68. The third kappa shape index (κ3) is 2.82. The first-order valence-corrected chi connectivity index (χ1v) is 6.88. The molecular weight excluding hydrogens is 309 g/mol. The molecule has 2 aromatic carbocycles. The van der Waals surface area contributed by atoms with Gasteiger partial charge in [0.25, 0.3) is 0 Å². The smallest absolute Gasteiger partial charge is 0.216 e. The maximum atomic E-state index is 12.4. The largest absolute Gasteiger partial charge is 0.287 e. The lowest BCUT2D eigenvalue weighted by Gasteiger charge is -2.01. The van der Waals surface area contributed by atoms with E-state index in [2.05, 4.69) is 10.3 Å². The molecule has 0 atom stereocenters. The molecule has 0 spiro atoms. The van der Waals surface area contributed by atoms with Crippen molar-refractivity contribution in [3.8, 4) is 5.69 Å². The molecule has 21 heavy (non-hydrogen) atoms. The zero-order chi connectivity index (χ0) is 14.8. The average molecular weight is 318 g/mol. The van der Waals surface area contributed by atoms with Crippen molar-refractivity contribution in [1.29, 1.82) is 0 Å². The summed E-state index contributed by atoms with van der Waals surface area (Å²) in [6.07, 6.45) is 1.57. The minimum atomic E-state index is -0.293. The molecule has 0 aliphatic carbocycles. The summed E-state index contributed by atoms with van der Waals surface area (Å²) in [6, 6.07) is 14.1. The van der Waals surface area contributed by atoms with Gasteiger partial charge in [-0.3, -0.25) is 4.79 Å². The molecule has 6 heteroatoms. The van der Waals surface area contributed by atoms with Crippen LogP contribution in [0.4, 0.5) is 0 Å². The third-order valence-electron chi connectivity index (χ3n) is 2.92. The molecule has 4 nitrogen and oxygen atoms in total. The Morgan fingerprint density at radius 1 is 1.05 bits per heavy atom. The number of nitrogens with zero attached hydrogens (tertiary/aromatic N) is 3. The fourth-order valence-electron chi connectivity index (χ4n) is 1.89. The van der Waals surface area contributed by atoms with Crippen molar-refractivity contribution in [2.75, 3.05) is 0 Å². The van der Waals surface area contributed by atoms with E-state index in [1.807, 2.05) is 30.3 Å². The van der Waals surface area contributed by atoms with Crippen molar-refractivity contribution >= 4 is 29.0 Å². The minimum Gasteiger partial charge on any atom is -0.287 e. The van der Waals surface area contributed by atoms with E-state index in [0.29, 0.717) is 15.6 Å². The van der Waals surface area contributed by atoms with Crippen molar-refractivity contribution in [3.63, 3.8) is 0 Å². The normalized spacial score (nSPS) is 10.6. The number of aromatic nitrogens is 3. The Kier molecular flexibility index (Phi) is 3.73. The summed E-state index contributed by atoms with van der Waals surface area (Å²) in [4.78, 5) is 12.4. The highest BCUT2D eigenvalue weighted by Gasteiger charge is 2.17. The zero-order valence-corrected chi connectivity index (χ0v) is 12.2. The molecule has 0 aliphatic rings. The molecule has 1 aromatic heterocycles. The van der Waals surface area contributed by atoms with E-state index in [1.165, 1.54) is 10.7 Å². The molecule has 0 radical (unpaired) electrons. The van der Waals surface area contributed by atoms with E-state index in [-0.39, 0.29) is 11.5 Å². The molecule has 3 rings (SSSR count). The monoisotopic (exact) mass is 317 g/mol. The number of para-hydroxylation sites is 1. The van der Waals surface area contributed by atoms with E-state index in [1.54, 1.807) is 18.3 Å². The number of hydrogen-bond donors (Lipinski definition) is 0. The number of hydrogen-bond acceptors (Lipinski definition) is 3. The van der Waals surface area contributed by atoms with Crippen LogP contribution in [0.2, 0.25) is 10.0 Å². The number of benzene rings is 2. The summed E-state index contributed by atoms with van der Waals surface area (Å²) >= 11 is 11.9. The van der Waals surface area contributed by atoms with Crippen LogP contribution in [0.15, 0.2) is 54.7 Å². The minimum absolute atomic E-state index is 0.225. The van der Waals surface area contributed by atoms with Gasteiger partial charge in [0.05, 0.1) is 16.9 Å². The summed E-state index contributed by atoms with van der Waals surface area (Å²) in [5.74, 6) is -0.293. The number of halogens is 2. The molecule has 0 amide bonds. The molecule has 0 aliphatic heterocycles. The fourth-order valence-corrected chi connectivity index (χ4v) is 2.38. The molecule has 0 saturated heterocycles. The first-order chi connectivity index (χ1) is 10.1. The van der Waals surface area contributed by atoms with Gasteiger partial charge in [-0.25, -0.2) is 4.68 Å². The van der Waals surface area contributed by atoms with Gasteiger partial charge >= 0.3 is 0 Å². The van der Waals surface area contributed by atoms with Crippen molar-refractivity contribution < 1.29 is 4.79 Å².